The maximum absolute atomic E-state index is 14.3. The second kappa shape index (κ2) is 11.4. The summed E-state index contributed by atoms with van der Waals surface area (Å²) in [7, 11) is 1.49. The monoisotopic (exact) mass is 578 g/mol. The highest BCUT2D eigenvalue weighted by molar-refractivity contribution is 6.00. The summed E-state index contributed by atoms with van der Waals surface area (Å²) in [5.41, 5.74) is 0.348. The third kappa shape index (κ3) is 5.17. The molecule has 4 aromatic rings. The first-order valence-corrected chi connectivity index (χ1v) is 13.3. The molecule has 218 valence electrons. The summed E-state index contributed by atoms with van der Waals surface area (Å²) in [4.78, 5) is 21.9. The fourth-order valence-electron chi connectivity index (χ4n) is 5.61. The predicted octanol–water partition coefficient (Wildman–Crippen LogP) is 4.48. The van der Waals surface area contributed by atoms with Gasteiger partial charge in [-0.2, -0.15) is 23.5 Å². The van der Waals surface area contributed by atoms with Gasteiger partial charge in [0.05, 0.1) is 43.3 Å². The van der Waals surface area contributed by atoms with Crippen molar-refractivity contribution in [1.29, 1.82) is 5.26 Å². The number of aliphatic hydroxyl groups excluding tert-OH is 1. The van der Waals surface area contributed by atoms with Crippen LogP contribution >= 0.6 is 0 Å². The number of methoxy groups -OCH3 is 1. The maximum atomic E-state index is 14.3. The van der Waals surface area contributed by atoms with Crippen molar-refractivity contribution >= 4 is 11.6 Å². The largest absolute Gasteiger partial charge is 0.497 e. The SMILES string of the molecule is COc1ccc(-c2nc3c(C(=O)N4CCN(C(CO)c5ccccc5C#N)C[C@H]4C)cnn3c(C(F)(F)F)c2C)cc1. The summed E-state index contributed by atoms with van der Waals surface area (Å²) in [5.74, 6) is 0.0571. The number of fused-ring (bicyclic) bond motifs is 1. The number of alkyl halides is 3. The van der Waals surface area contributed by atoms with Gasteiger partial charge in [0.15, 0.2) is 11.3 Å². The summed E-state index contributed by atoms with van der Waals surface area (Å²) in [5, 5.41) is 23.7. The summed E-state index contributed by atoms with van der Waals surface area (Å²) in [6, 6.07) is 14.9. The highest BCUT2D eigenvalue weighted by atomic mass is 19.4. The average Bonchev–Trinajstić information content (AvgIpc) is 3.39. The molecule has 3 heterocycles. The number of halogens is 3. The van der Waals surface area contributed by atoms with Crippen LogP contribution in [-0.2, 0) is 6.18 Å². The standard InChI is InChI=1S/C30H29F3N6O3/c1-18-16-37(25(17-40)23-7-5-4-6-21(23)14-34)12-13-38(18)29(41)24-15-35-39-27(30(31,32)33)19(2)26(36-28(24)39)20-8-10-22(42-3)11-9-20/h4-11,15,18,25,40H,12-13,16-17H2,1-3H3/t18-,25?/m1/s1. The summed E-state index contributed by atoms with van der Waals surface area (Å²) < 4.78 is 48.8. The Hall–Kier alpha value is -4.47. The number of aliphatic hydroxyl groups is 1. The Morgan fingerprint density at radius 1 is 1.19 bits per heavy atom. The molecule has 1 saturated heterocycles. The van der Waals surface area contributed by atoms with Crippen LogP contribution in [0.1, 0.15) is 45.7 Å². The van der Waals surface area contributed by atoms with Gasteiger partial charge in [-0.1, -0.05) is 18.2 Å². The van der Waals surface area contributed by atoms with Gasteiger partial charge >= 0.3 is 6.18 Å². The molecule has 9 nitrogen and oxygen atoms in total. The van der Waals surface area contributed by atoms with Gasteiger partial charge in [0.1, 0.15) is 11.3 Å². The van der Waals surface area contributed by atoms with E-state index in [1.54, 1.807) is 53.4 Å². The first-order chi connectivity index (χ1) is 20.1. The smallest absolute Gasteiger partial charge is 0.433 e. The Morgan fingerprint density at radius 3 is 2.52 bits per heavy atom. The zero-order chi connectivity index (χ0) is 30.2. The number of hydrogen-bond acceptors (Lipinski definition) is 7. The van der Waals surface area contributed by atoms with Crippen LogP contribution in [-0.4, -0.2) is 74.8 Å². The van der Waals surface area contributed by atoms with Crippen LogP contribution in [0, 0.1) is 18.3 Å². The molecule has 5 rings (SSSR count). The van der Waals surface area contributed by atoms with E-state index in [-0.39, 0.29) is 41.7 Å². The van der Waals surface area contributed by atoms with Crippen molar-refractivity contribution in [2.75, 3.05) is 33.4 Å². The molecule has 0 bridgehead atoms. The van der Waals surface area contributed by atoms with Gasteiger partial charge in [-0.3, -0.25) is 9.69 Å². The Balaban J connectivity index is 1.49. The molecule has 2 atom stereocenters. The highest BCUT2D eigenvalue weighted by Gasteiger charge is 2.40. The summed E-state index contributed by atoms with van der Waals surface area (Å²) in [6.45, 7) is 3.98. The van der Waals surface area contributed by atoms with Crippen LogP contribution in [0.3, 0.4) is 0 Å². The molecule has 0 spiro atoms. The number of ether oxygens (including phenoxy) is 1. The predicted molar refractivity (Wildman–Crippen MR) is 148 cm³/mol. The van der Waals surface area contributed by atoms with Crippen LogP contribution in [0.4, 0.5) is 13.2 Å². The molecule has 1 N–H and O–H groups in total. The quantitative estimate of drug-likeness (QED) is 0.360. The number of amides is 1. The van der Waals surface area contributed by atoms with Gasteiger partial charge in [0, 0.05) is 36.8 Å². The van der Waals surface area contributed by atoms with E-state index >= 15 is 0 Å². The minimum Gasteiger partial charge on any atom is -0.497 e. The van der Waals surface area contributed by atoms with Crippen molar-refractivity contribution in [1.82, 2.24) is 24.4 Å². The van der Waals surface area contributed by atoms with Crippen molar-refractivity contribution in [2.45, 2.75) is 32.1 Å². The number of aromatic nitrogens is 3. The molecular formula is C30H29F3N6O3. The summed E-state index contributed by atoms with van der Waals surface area (Å²) in [6.07, 6.45) is -3.62. The molecule has 1 aliphatic rings. The molecule has 0 aliphatic carbocycles. The van der Waals surface area contributed by atoms with E-state index in [0.717, 1.165) is 6.20 Å². The number of carbonyl (C=O) groups excluding carboxylic acids is 1. The van der Waals surface area contributed by atoms with E-state index in [1.807, 2.05) is 11.8 Å². The number of nitriles is 1. The number of carbonyl (C=O) groups is 1. The first-order valence-electron chi connectivity index (χ1n) is 13.3. The number of piperazine rings is 1. The number of rotatable bonds is 6. The molecule has 1 unspecified atom stereocenters. The van der Waals surface area contributed by atoms with Crippen LogP contribution in [0.15, 0.2) is 54.7 Å². The number of hydrogen-bond donors (Lipinski definition) is 1. The minimum absolute atomic E-state index is 0.0379. The third-order valence-electron chi connectivity index (χ3n) is 7.72. The highest BCUT2D eigenvalue weighted by Crippen LogP contribution is 2.37. The van der Waals surface area contributed by atoms with E-state index in [1.165, 1.54) is 14.0 Å². The molecule has 1 fully saturated rings. The fraction of sp³-hybridized carbons (Fsp3) is 0.333. The maximum Gasteiger partial charge on any atom is 0.433 e. The molecule has 1 amide bonds. The topological polar surface area (TPSA) is 107 Å². The Bertz CT molecular complexity index is 1660. The Morgan fingerprint density at radius 2 is 1.90 bits per heavy atom. The molecule has 2 aromatic carbocycles. The molecule has 0 radical (unpaired) electrons. The van der Waals surface area contributed by atoms with E-state index in [9.17, 15) is 28.3 Å². The number of benzene rings is 2. The van der Waals surface area contributed by atoms with Gasteiger partial charge in [-0.25, -0.2) is 9.50 Å². The van der Waals surface area contributed by atoms with E-state index < -0.39 is 23.8 Å². The van der Waals surface area contributed by atoms with Crippen LogP contribution < -0.4 is 4.74 Å². The average molecular weight is 579 g/mol. The zero-order valence-electron chi connectivity index (χ0n) is 23.3. The molecule has 42 heavy (non-hydrogen) atoms. The molecular weight excluding hydrogens is 549 g/mol. The lowest BCUT2D eigenvalue weighted by Gasteiger charge is -2.43. The van der Waals surface area contributed by atoms with Crippen molar-refractivity contribution in [3.05, 3.63) is 82.7 Å². The first kappa shape index (κ1) is 29.0. The van der Waals surface area contributed by atoms with Crippen LogP contribution in [0.5, 0.6) is 5.75 Å². The lowest BCUT2D eigenvalue weighted by molar-refractivity contribution is -0.143. The Kier molecular flexibility index (Phi) is 7.90. The van der Waals surface area contributed by atoms with Crippen LogP contribution in [0.2, 0.25) is 0 Å². The minimum atomic E-state index is -4.75. The molecule has 1 aliphatic heterocycles. The van der Waals surface area contributed by atoms with Crippen LogP contribution in [0.25, 0.3) is 16.9 Å². The van der Waals surface area contributed by atoms with Gasteiger partial charge in [0.2, 0.25) is 0 Å². The van der Waals surface area contributed by atoms with E-state index in [4.69, 9.17) is 4.74 Å². The van der Waals surface area contributed by atoms with Gasteiger partial charge in [-0.15, -0.1) is 0 Å². The van der Waals surface area contributed by atoms with Crippen molar-refractivity contribution in [3.8, 4) is 23.1 Å². The Labute approximate surface area is 240 Å². The lowest BCUT2D eigenvalue weighted by atomic mass is 9.98. The second-order valence-corrected chi connectivity index (χ2v) is 10.2. The fourth-order valence-corrected chi connectivity index (χ4v) is 5.61. The molecule has 12 heteroatoms. The van der Waals surface area contributed by atoms with E-state index in [2.05, 4.69) is 16.2 Å². The molecule has 0 saturated carbocycles. The van der Waals surface area contributed by atoms with E-state index in [0.29, 0.717) is 40.0 Å². The van der Waals surface area contributed by atoms with Gasteiger partial charge in [0.25, 0.3) is 5.91 Å². The van der Waals surface area contributed by atoms with Crippen molar-refractivity contribution < 1.29 is 27.8 Å². The van der Waals surface area contributed by atoms with Crippen molar-refractivity contribution in [3.63, 3.8) is 0 Å². The second-order valence-electron chi connectivity index (χ2n) is 10.2. The van der Waals surface area contributed by atoms with Gasteiger partial charge in [-0.05, 0) is 49.7 Å². The normalized spacial score (nSPS) is 16.8. The zero-order valence-corrected chi connectivity index (χ0v) is 23.3. The van der Waals surface area contributed by atoms with Gasteiger partial charge < -0.3 is 14.7 Å². The lowest BCUT2D eigenvalue weighted by Crippen LogP contribution is -2.55. The summed E-state index contributed by atoms with van der Waals surface area (Å²) >= 11 is 0. The van der Waals surface area contributed by atoms with Crippen molar-refractivity contribution in [2.24, 2.45) is 0 Å². The number of nitrogens with zero attached hydrogens (tertiary/aromatic N) is 6. The molecule has 2 aromatic heterocycles. The third-order valence-corrected chi connectivity index (χ3v) is 7.72.